The van der Waals surface area contributed by atoms with Gasteiger partial charge in [0.15, 0.2) is 0 Å². The summed E-state index contributed by atoms with van der Waals surface area (Å²) in [5.41, 5.74) is 6.79. The fraction of sp³-hybridized carbons (Fsp3) is 0.222. The van der Waals surface area contributed by atoms with Crippen LogP contribution in [0, 0.1) is 27.7 Å². The molecule has 1 aliphatic heterocycles. The maximum absolute atomic E-state index is 11.7. The zero-order valence-corrected chi connectivity index (χ0v) is 13.7. The van der Waals surface area contributed by atoms with E-state index in [0.717, 1.165) is 22.6 Å². The molecular weight excluding hydrogens is 290 g/mol. The Morgan fingerprint density at radius 2 is 1.57 bits per heavy atom. The van der Waals surface area contributed by atoms with E-state index in [2.05, 4.69) is 47.2 Å². The first kappa shape index (κ1) is 15.1. The average molecular weight is 309 g/mol. The Morgan fingerprint density at radius 1 is 0.913 bits per heavy atom. The van der Waals surface area contributed by atoms with Gasteiger partial charge in [-0.25, -0.2) is 4.79 Å². The van der Waals surface area contributed by atoms with E-state index in [-0.39, 0.29) is 5.70 Å². The second kappa shape index (κ2) is 5.43. The average Bonchev–Trinajstić information content (AvgIpc) is 2.88. The Bertz CT molecular complexity index is 839. The number of hydrogen-bond acceptors (Lipinski definition) is 2. The Kier molecular flexibility index (Phi) is 3.56. The third-order valence-corrected chi connectivity index (χ3v) is 3.95. The zero-order chi connectivity index (χ0) is 16.7. The summed E-state index contributed by atoms with van der Waals surface area (Å²) in [6.45, 7) is 8.18. The standard InChI is InChI=1S/C18H19N3O2/c1-10-5-11(2)7-15(6-10)21-12(3)8-14(13(21)4)9-16-17(22)20-18(23)19-16/h5-9H,1-4H3,(H2,19,20,22,23)/b16-9+. The molecule has 0 saturated carbocycles. The monoisotopic (exact) mass is 309 g/mol. The van der Waals surface area contributed by atoms with Gasteiger partial charge in [-0.05, 0) is 68.7 Å². The summed E-state index contributed by atoms with van der Waals surface area (Å²) in [6, 6.07) is 7.93. The normalized spacial score (nSPS) is 15.9. The maximum atomic E-state index is 11.7. The Balaban J connectivity index is 2.08. The minimum atomic E-state index is -0.482. The summed E-state index contributed by atoms with van der Waals surface area (Å²) in [6.07, 6.45) is 1.71. The molecule has 1 aromatic heterocycles. The summed E-state index contributed by atoms with van der Waals surface area (Å²) >= 11 is 0. The van der Waals surface area contributed by atoms with E-state index in [4.69, 9.17) is 0 Å². The molecule has 0 radical (unpaired) electrons. The van der Waals surface area contributed by atoms with Crippen LogP contribution in [0.1, 0.15) is 28.1 Å². The fourth-order valence-electron chi connectivity index (χ4n) is 3.05. The van der Waals surface area contributed by atoms with Gasteiger partial charge in [-0.1, -0.05) is 6.07 Å². The highest BCUT2D eigenvalue weighted by molar-refractivity contribution is 6.14. The van der Waals surface area contributed by atoms with Gasteiger partial charge >= 0.3 is 6.03 Å². The summed E-state index contributed by atoms with van der Waals surface area (Å²) in [7, 11) is 0. The van der Waals surface area contributed by atoms with E-state index >= 15 is 0 Å². The number of urea groups is 1. The molecule has 118 valence electrons. The second-order valence-corrected chi connectivity index (χ2v) is 5.97. The van der Waals surface area contributed by atoms with Crippen molar-refractivity contribution in [2.75, 3.05) is 0 Å². The van der Waals surface area contributed by atoms with Crippen LogP contribution in [-0.2, 0) is 4.79 Å². The number of amides is 3. The maximum Gasteiger partial charge on any atom is 0.326 e. The third-order valence-electron chi connectivity index (χ3n) is 3.95. The quantitative estimate of drug-likeness (QED) is 0.662. The van der Waals surface area contributed by atoms with E-state index < -0.39 is 11.9 Å². The topological polar surface area (TPSA) is 63.1 Å². The Morgan fingerprint density at radius 3 is 2.13 bits per heavy atom. The van der Waals surface area contributed by atoms with Crippen molar-refractivity contribution in [3.8, 4) is 5.69 Å². The first-order chi connectivity index (χ1) is 10.8. The van der Waals surface area contributed by atoms with Gasteiger partial charge in [-0.15, -0.1) is 0 Å². The zero-order valence-electron chi connectivity index (χ0n) is 13.7. The predicted molar refractivity (Wildman–Crippen MR) is 89.4 cm³/mol. The van der Waals surface area contributed by atoms with Crippen LogP contribution in [0.4, 0.5) is 4.79 Å². The molecule has 2 aromatic rings. The molecular formula is C18H19N3O2. The molecule has 23 heavy (non-hydrogen) atoms. The van der Waals surface area contributed by atoms with Crippen molar-refractivity contribution < 1.29 is 9.59 Å². The molecule has 3 amide bonds. The number of aryl methyl sites for hydroxylation is 3. The van der Waals surface area contributed by atoms with Crippen LogP contribution in [0.25, 0.3) is 11.8 Å². The molecule has 5 heteroatoms. The third kappa shape index (κ3) is 2.77. The lowest BCUT2D eigenvalue weighted by Gasteiger charge is -2.12. The molecule has 5 nitrogen and oxygen atoms in total. The van der Waals surface area contributed by atoms with Crippen LogP contribution in [0.5, 0.6) is 0 Å². The largest absolute Gasteiger partial charge is 0.326 e. The molecule has 0 spiro atoms. The smallest absolute Gasteiger partial charge is 0.318 e. The first-order valence-electron chi connectivity index (χ1n) is 7.47. The number of aromatic nitrogens is 1. The van der Waals surface area contributed by atoms with E-state index in [1.807, 2.05) is 19.9 Å². The van der Waals surface area contributed by atoms with Gasteiger partial charge in [0.05, 0.1) is 0 Å². The first-order valence-corrected chi connectivity index (χ1v) is 7.47. The summed E-state index contributed by atoms with van der Waals surface area (Å²) in [4.78, 5) is 22.9. The SMILES string of the molecule is Cc1cc(C)cc(-n2c(C)cc(/C=C3/NC(=O)NC3=O)c2C)c1. The van der Waals surface area contributed by atoms with Crippen molar-refractivity contribution in [1.82, 2.24) is 15.2 Å². The lowest BCUT2D eigenvalue weighted by Crippen LogP contribution is -2.22. The number of imide groups is 1. The van der Waals surface area contributed by atoms with Crippen LogP contribution < -0.4 is 10.6 Å². The highest BCUT2D eigenvalue weighted by Crippen LogP contribution is 2.24. The minimum Gasteiger partial charge on any atom is -0.318 e. The Labute approximate surface area is 135 Å². The number of nitrogens with zero attached hydrogens (tertiary/aromatic N) is 1. The molecule has 1 aliphatic rings. The van der Waals surface area contributed by atoms with Gasteiger partial charge in [0.1, 0.15) is 5.70 Å². The lowest BCUT2D eigenvalue weighted by atomic mass is 10.1. The molecule has 1 aromatic carbocycles. The van der Waals surface area contributed by atoms with Gasteiger partial charge in [-0.3, -0.25) is 10.1 Å². The van der Waals surface area contributed by atoms with Crippen LogP contribution in [0.2, 0.25) is 0 Å². The van der Waals surface area contributed by atoms with Crippen molar-refractivity contribution in [3.05, 3.63) is 58.0 Å². The highest BCUT2D eigenvalue weighted by Gasteiger charge is 2.23. The summed E-state index contributed by atoms with van der Waals surface area (Å²) in [5, 5.41) is 4.73. The molecule has 0 unspecified atom stereocenters. The summed E-state index contributed by atoms with van der Waals surface area (Å²) < 4.78 is 2.15. The van der Waals surface area contributed by atoms with Crippen molar-refractivity contribution in [2.24, 2.45) is 0 Å². The molecule has 0 aliphatic carbocycles. The Hall–Kier alpha value is -2.82. The summed E-state index contributed by atoms with van der Waals surface area (Å²) in [5.74, 6) is -0.397. The molecule has 1 saturated heterocycles. The molecule has 1 fully saturated rings. The van der Waals surface area contributed by atoms with E-state index in [1.165, 1.54) is 11.1 Å². The number of hydrogen-bond donors (Lipinski definition) is 2. The lowest BCUT2D eigenvalue weighted by molar-refractivity contribution is -0.115. The van der Waals surface area contributed by atoms with Gasteiger partial charge < -0.3 is 9.88 Å². The number of nitrogens with one attached hydrogen (secondary N) is 2. The number of carbonyl (C=O) groups excluding carboxylic acids is 2. The number of benzene rings is 1. The van der Waals surface area contributed by atoms with E-state index in [9.17, 15) is 9.59 Å². The molecule has 2 N–H and O–H groups in total. The second-order valence-electron chi connectivity index (χ2n) is 5.97. The van der Waals surface area contributed by atoms with Gasteiger partial charge in [0.2, 0.25) is 0 Å². The molecule has 3 rings (SSSR count). The van der Waals surface area contributed by atoms with E-state index in [0.29, 0.717) is 0 Å². The van der Waals surface area contributed by atoms with Crippen LogP contribution in [0.3, 0.4) is 0 Å². The van der Waals surface area contributed by atoms with Crippen LogP contribution in [-0.4, -0.2) is 16.5 Å². The van der Waals surface area contributed by atoms with Gasteiger partial charge in [-0.2, -0.15) is 0 Å². The van der Waals surface area contributed by atoms with Crippen molar-refractivity contribution in [2.45, 2.75) is 27.7 Å². The molecule has 0 bridgehead atoms. The fourth-order valence-corrected chi connectivity index (χ4v) is 3.05. The number of carbonyl (C=O) groups is 2. The van der Waals surface area contributed by atoms with Gasteiger partial charge in [0.25, 0.3) is 5.91 Å². The van der Waals surface area contributed by atoms with Crippen LogP contribution >= 0.6 is 0 Å². The highest BCUT2D eigenvalue weighted by atomic mass is 16.2. The van der Waals surface area contributed by atoms with Gasteiger partial charge in [0, 0.05) is 17.1 Å². The van der Waals surface area contributed by atoms with Crippen LogP contribution in [0.15, 0.2) is 30.0 Å². The minimum absolute atomic E-state index is 0.274. The molecule has 2 heterocycles. The molecule has 0 atom stereocenters. The number of rotatable bonds is 2. The van der Waals surface area contributed by atoms with Crippen molar-refractivity contribution in [3.63, 3.8) is 0 Å². The van der Waals surface area contributed by atoms with Crippen molar-refractivity contribution in [1.29, 1.82) is 0 Å². The van der Waals surface area contributed by atoms with E-state index in [1.54, 1.807) is 6.08 Å². The van der Waals surface area contributed by atoms with Crippen molar-refractivity contribution >= 4 is 18.0 Å². The predicted octanol–water partition coefficient (Wildman–Crippen LogP) is 2.89.